The molecule has 2 amide bonds. The van der Waals surface area contributed by atoms with Gasteiger partial charge in [0.2, 0.25) is 0 Å². The van der Waals surface area contributed by atoms with Gasteiger partial charge in [0.05, 0.1) is 0 Å². The third kappa shape index (κ3) is 5.32. The number of carboxylic acids is 1. The van der Waals surface area contributed by atoms with E-state index < -0.39 is 12.0 Å². The summed E-state index contributed by atoms with van der Waals surface area (Å²) in [7, 11) is 0. The average molecular weight is 268 g/mol. The lowest BCUT2D eigenvalue weighted by Gasteiger charge is -2.25. The number of nitrogens with zero attached hydrogens (tertiary/aromatic N) is 1. The molecule has 2 N–H and O–H groups in total. The first-order valence-corrected chi connectivity index (χ1v) is 6.86. The molecule has 1 fully saturated rings. The van der Waals surface area contributed by atoms with Crippen LogP contribution < -0.4 is 5.32 Å². The maximum Gasteiger partial charge on any atom is 0.326 e. The first-order valence-electron chi connectivity index (χ1n) is 6.86. The van der Waals surface area contributed by atoms with Gasteiger partial charge in [0, 0.05) is 12.6 Å². The zero-order valence-corrected chi connectivity index (χ0v) is 11.8. The van der Waals surface area contributed by atoms with Crippen molar-refractivity contribution < 1.29 is 14.7 Å². The quantitative estimate of drug-likeness (QED) is 0.663. The smallest absolute Gasteiger partial charge is 0.326 e. The number of amides is 2. The van der Waals surface area contributed by atoms with Crippen molar-refractivity contribution in [1.82, 2.24) is 10.2 Å². The van der Waals surface area contributed by atoms with Crippen LogP contribution in [0.15, 0.2) is 12.7 Å². The first-order chi connectivity index (χ1) is 8.95. The topological polar surface area (TPSA) is 69.6 Å². The standard InChI is InChI=1S/C14H24N2O3/c1-4-5-12(13(17)18)15-14(19)16(11-6-7-11)9-8-10(2)3/h4,10-12H,1,5-9H2,2-3H3,(H,15,19)(H,17,18). The van der Waals surface area contributed by atoms with Crippen LogP contribution in [-0.2, 0) is 4.79 Å². The van der Waals surface area contributed by atoms with Gasteiger partial charge in [-0.05, 0) is 31.6 Å². The molecule has 0 spiro atoms. The number of carboxylic acid groups (broad SMARTS) is 1. The van der Waals surface area contributed by atoms with Crippen LogP contribution in [0.1, 0.15) is 39.5 Å². The summed E-state index contributed by atoms with van der Waals surface area (Å²) in [6.45, 7) is 8.43. The molecule has 1 saturated carbocycles. The summed E-state index contributed by atoms with van der Waals surface area (Å²) in [5, 5.41) is 11.6. The molecule has 0 heterocycles. The second kappa shape index (κ2) is 7.16. The Balaban J connectivity index is 2.55. The van der Waals surface area contributed by atoms with Crippen LogP contribution in [0.3, 0.4) is 0 Å². The lowest BCUT2D eigenvalue weighted by molar-refractivity contribution is -0.139. The van der Waals surface area contributed by atoms with E-state index in [-0.39, 0.29) is 18.5 Å². The van der Waals surface area contributed by atoms with Crippen molar-refractivity contribution in [1.29, 1.82) is 0 Å². The lowest BCUT2D eigenvalue weighted by atomic mass is 10.1. The monoisotopic (exact) mass is 268 g/mol. The highest BCUT2D eigenvalue weighted by Crippen LogP contribution is 2.27. The number of urea groups is 1. The van der Waals surface area contributed by atoms with Gasteiger partial charge in [-0.3, -0.25) is 0 Å². The van der Waals surface area contributed by atoms with Gasteiger partial charge >= 0.3 is 12.0 Å². The van der Waals surface area contributed by atoms with E-state index >= 15 is 0 Å². The zero-order valence-electron chi connectivity index (χ0n) is 11.8. The molecule has 1 unspecified atom stereocenters. The zero-order chi connectivity index (χ0) is 14.4. The number of carbonyl (C=O) groups excluding carboxylic acids is 1. The van der Waals surface area contributed by atoms with Gasteiger partial charge in [0.15, 0.2) is 0 Å². The summed E-state index contributed by atoms with van der Waals surface area (Å²) in [5.41, 5.74) is 0. The average Bonchev–Trinajstić information content (AvgIpc) is 3.12. The Morgan fingerprint density at radius 3 is 2.53 bits per heavy atom. The number of hydrogen-bond donors (Lipinski definition) is 2. The Morgan fingerprint density at radius 1 is 1.47 bits per heavy atom. The highest BCUT2D eigenvalue weighted by Gasteiger charge is 2.33. The van der Waals surface area contributed by atoms with Crippen molar-refractivity contribution in [2.45, 2.75) is 51.6 Å². The summed E-state index contributed by atoms with van der Waals surface area (Å²) in [5.74, 6) is -0.495. The molecule has 108 valence electrons. The van der Waals surface area contributed by atoms with Crippen LogP contribution in [0, 0.1) is 5.92 Å². The van der Waals surface area contributed by atoms with Gasteiger partial charge in [0.25, 0.3) is 0 Å². The molecule has 1 rings (SSSR count). The second-order valence-corrected chi connectivity index (χ2v) is 5.47. The Morgan fingerprint density at radius 2 is 2.11 bits per heavy atom. The van der Waals surface area contributed by atoms with E-state index in [0.29, 0.717) is 12.5 Å². The molecule has 5 nitrogen and oxygen atoms in total. The van der Waals surface area contributed by atoms with Crippen molar-refractivity contribution in [3.05, 3.63) is 12.7 Å². The number of rotatable bonds is 8. The largest absolute Gasteiger partial charge is 0.480 e. The Labute approximate surface area is 114 Å². The van der Waals surface area contributed by atoms with Crippen LogP contribution in [-0.4, -0.2) is 40.6 Å². The lowest BCUT2D eigenvalue weighted by Crippen LogP contribution is -2.49. The Hall–Kier alpha value is -1.52. The normalized spacial score (nSPS) is 15.9. The highest BCUT2D eigenvalue weighted by atomic mass is 16.4. The fourth-order valence-corrected chi connectivity index (χ4v) is 1.85. The summed E-state index contributed by atoms with van der Waals surface area (Å²) >= 11 is 0. The Kier molecular flexibility index (Phi) is 5.86. The van der Waals surface area contributed by atoms with Crippen LogP contribution in [0.25, 0.3) is 0 Å². The van der Waals surface area contributed by atoms with E-state index in [4.69, 9.17) is 5.11 Å². The van der Waals surface area contributed by atoms with Crippen molar-refractivity contribution >= 4 is 12.0 Å². The molecule has 0 aromatic heterocycles. The van der Waals surface area contributed by atoms with E-state index in [2.05, 4.69) is 25.7 Å². The summed E-state index contributed by atoms with van der Waals surface area (Å²) in [6, 6.07) is -0.861. The van der Waals surface area contributed by atoms with Crippen LogP contribution in [0.5, 0.6) is 0 Å². The molecule has 0 bridgehead atoms. The van der Waals surface area contributed by atoms with Crippen molar-refractivity contribution in [2.75, 3.05) is 6.54 Å². The third-order valence-electron chi connectivity index (χ3n) is 3.19. The molecule has 5 heteroatoms. The Bertz CT molecular complexity index is 338. The van der Waals surface area contributed by atoms with Gasteiger partial charge in [-0.15, -0.1) is 6.58 Å². The molecule has 0 aromatic rings. The van der Waals surface area contributed by atoms with Gasteiger partial charge in [-0.1, -0.05) is 19.9 Å². The number of aliphatic carboxylic acids is 1. The van der Waals surface area contributed by atoms with Crippen LogP contribution in [0.4, 0.5) is 4.79 Å². The van der Waals surface area contributed by atoms with E-state index in [9.17, 15) is 9.59 Å². The van der Waals surface area contributed by atoms with E-state index in [0.717, 1.165) is 19.3 Å². The summed E-state index contributed by atoms with van der Waals surface area (Å²) < 4.78 is 0. The summed E-state index contributed by atoms with van der Waals surface area (Å²) in [6.07, 6.45) is 4.72. The molecule has 0 saturated heterocycles. The van der Waals surface area contributed by atoms with Crippen molar-refractivity contribution in [2.24, 2.45) is 5.92 Å². The van der Waals surface area contributed by atoms with E-state index in [1.165, 1.54) is 6.08 Å². The minimum atomic E-state index is -1.02. The van der Waals surface area contributed by atoms with Gasteiger partial charge < -0.3 is 15.3 Å². The summed E-state index contributed by atoms with van der Waals surface area (Å²) in [4.78, 5) is 24.9. The molecule has 1 aliphatic rings. The number of carbonyl (C=O) groups is 2. The van der Waals surface area contributed by atoms with Gasteiger partial charge in [0.1, 0.15) is 6.04 Å². The molecule has 0 radical (unpaired) electrons. The molecular weight excluding hydrogens is 244 g/mol. The molecule has 0 aromatic carbocycles. The van der Waals surface area contributed by atoms with Gasteiger partial charge in [-0.25, -0.2) is 9.59 Å². The highest BCUT2D eigenvalue weighted by molar-refractivity contribution is 5.83. The fourth-order valence-electron chi connectivity index (χ4n) is 1.85. The van der Waals surface area contributed by atoms with E-state index in [1.54, 1.807) is 4.90 Å². The maximum absolute atomic E-state index is 12.1. The van der Waals surface area contributed by atoms with E-state index in [1.807, 2.05) is 0 Å². The molecule has 1 aliphatic carbocycles. The number of nitrogens with one attached hydrogen (secondary N) is 1. The molecule has 0 aliphatic heterocycles. The van der Waals surface area contributed by atoms with Crippen molar-refractivity contribution in [3.63, 3.8) is 0 Å². The van der Waals surface area contributed by atoms with Crippen LogP contribution in [0.2, 0.25) is 0 Å². The maximum atomic E-state index is 12.1. The molecule has 19 heavy (non-hydrogen) atoms. The van der Waals surface area contributed by atoms with Crippen LogP contribution >= 0.6 is 0 Å². The predicted molar refractivity (Wildman–Crippen MR) is 74.0 cm³/mol. The second-order valence-electron chi connectivity index (χ2n) is 5.47. The molecular formula is C14H24N2O3. The number of hydrogen-bond acceptors (Lipinski definition) is 2. The predicted octanol–water partition coefficient (Wildman–Crippen LogP) is 2.24. The minimum absolute atomic E-state index is 0.240. The van der Waals surface area contributed by atoms with Crippen molar-refractivity contribution in [3.8, 4) is 0 Å². The fraction of sp³-hybridized carbons (Fsp3) is 0.714. The SMILES string of the molecule is C=CCC(NC(=O)N(CCC(C)C)C1CC1)C(=O)O. The first kappa shape index (κ1) is 15.5. The minimum Gasteiger partial charge on any atom is -0.480 e. The van der Waals surface area contributed by atoms with Gasteiger partial charge in [-0.2, -0.15) is 0 Å². The molecule has 1 atom stereocenters. The third-order valence-corrected chi connectivity index (χ3v) is 3.19.